The highest BCUT2D eigenvalue weighted by Gasteiger charge is 2.19. The number of ether oxygens (including phenoxy) is 1. The van der Waals surface area contributed by atoms with Gasteiger partial charge in [0.1, 0.15) is 5.75 Å². The topological polar surface area (TPSA) is 49.8 Å². The van der Waals surface area contributed by atoms with Crippen LogP contribution >= 0.6 is 0 Å². The van der Waals surface area contributed by atoms with Crippen molar-refractivity contribution in [2.45, 2.75) is 26.9 Å². The number of halogens is 2. The van der Waals surface area contributed by atoms with Crippen molar-refractivity contribution < 1.29 is 23.4 Å². The van der Waals surface area contributed by atoms with E-state index in [1.807, 2.05) is 30.3 Å². The molecule has 0 fully saturated rings. The second-order valence-electron chi connectivity index (χ2n) is 6.07. The molecule has 0 aliphatic heterocycles. The molecule has 1 N–H and O–H groups in total. The van der Waals surface area contributed by atoms with Gasteiger partial charge >= 0.3 is 6.61 Å². The van der Waals surface area contributed by atoms with Crippen LogP contribution in [0.25, 0.3) is 0 Å². The largest absolute Gasteiger partial charge is 0.434 e. The van der Waals surface area contributed by atoms with Crippen molar-refractivity contribution in [1.82, 2.24) is 4.90 Å². The standard InChI is InChI=1S/C20H23F2NO3/c1-14-12-17(13-15(2)18(14)26-20(21)22)19(25)23(10-11-24)9-8-16-6-4-3-5-7-16/h3-7,12-13,20,24H,8-11H2,1-2H3. The maximum Gasteiger partial charge on any atom is 0.387 e. The van der Waals surface area contributed by atoms with E-state index >= 15 is 0 Å². The average Bonchev–Trinajstić information content (AvgIpc) is 2.61. The van der Waals surface area contributed by atoms with Gasteiger partial charge in [0.2, 0.25) is 0 Å². The lowest BCUT2D eigenvalue weighted by molar-refractivity contribution is -0.0507. The second-order valence-corrected chi connectivity index (χ2v) is 6.07. The molecule has 2 rings (SSSR count). The molecule has 2 aromatic carbocycles. The lowest BCUT2D eigenvalue weighted by Gasteiger charge is -2.23. The van der Waals surface area contributed by atoms with E-state index in [0.717, 1.165) is 5.56 Å². The molecule has 0 saturated carbocycles. The molecule has 1 amide bonds. The quantitative estimate of drug-likeness (QED) is 0.780. The SMILES string of the molecule is Cc1cc(C(=O)N(CCO)CCc2ccccc2)cc(C)c1OC(F)F. The molecule has 0 saturated heterocycles. The Labute approximate surface area is 152 Å². The summed E-state index contributed by atoms with van der Waals surface area (Å²) in [6.45, 7) is 0.857. The second kappa shape index (κ2) is 9.29. The number of alkyl halides is 2. The highest BCUT2D eigenvalue weighted by molar-refractivity contribution is 5.95. The molecule has 0 unspecified atom stereocenters. The summed E-state index contributed by atoms with van der Waals surface area (Å²) in [4.78, 5) is 14.4. The Morgan fingerprint density at radius 1 is 1.12 bits per heavy atom. The number of aliphatic hydroxyl groups excluding tert-OH is 1. The number of carbonyl (C=O) groups is 1. The molecule has 0 radical (unpaired) electrons. The van der Waals surface area contributed by atoms with Crippen LogP contribution in [0.4, 0.5) is 8.78 Å². The summed E-state index contributed by atoms with van der Waals surface area (Å²) in [5.41, 5.74) is 2.43. The summed E-state index contributed by atoms with van der Waals surface area (Å²) in [6, 6.07) is 12.8. The smallest absolute Gasteiger partial charge is 0.387 e. The van der Waals surface area contributed by atoms with E-state index in [0.29, 0.717) is 29.7 Å². The van der Waals surface area contributed by atoms with E-state index in [4.69, 9.17) is 0 Å². The highest BCUT2D eigenvalue weighted by atomic mass is 19.3. The summed E-state index contributed by atoms with van der Waals surface area (Å²) >= 11 is 0. The van der Waals surface area contributed by atoms with Gasteiger partial charge in [-0.1, -0.05) is 30.3 Å². The molecule has 0 aliphatic rings. The summed E-state index contributed by atoms with van der Waals surface area (Å²) in [5.74, 6) is -0.153. The van der Waals surface area contributed by atoms with Gasteiger partial charge in [0, 0.05) is 18.7 Å². The number of hydrogen-bond donors (Lipinski definition) is 1. The van der Waals surface area contributed by atoms with Gasteiger partial charge in [-0.15, -0.1) is 0 Å². The van der Waals surface area contributed by atoms with Gasteiger partial charge in [0.05, 0.1) is 6.61 Å². The van der Waals surface area contributed by atoms with E-state index in [-0.39, 0.29) is 24.8 Å². The molecular formula is C20H23F2NO3. The number of benzene rings is 2. The number of amides is 1. The van der Waals surface area contributed by atoms with Gasteiger partial charge in [-0.25, -0.2) is 0 Å². The van der Waals surface area contributed by atoms with Crippen molar-refractivity contribution in [3.05, 3.63) is 64.7 Å². The maximum atomic E-state index is 12.8. The monoisotopic (exact) mass is 363 g/mol. The lowest BCUT2D eigenvalue weighted by Crippen LogP contribution is -2.35. The van der Waals surface area contributed by atoms with Crippen LogP contribution in [0, 0.1) is 13.8 Å². The fourth-order valence-corrected chi connectivity index (χ4v) is 2.88. The molecule has 0 aliphatic carbocycles. The zero-order valence-corrected chi connectivity index (χ0v) is 14.9. The van der Waals surface area contributed by atoms with Crippen LogP contribution in [-0.4, -0.2) is 42.2 Å². The van der Waals surface area contributed by atoms with Gasteiger partial charge in [-0.05, 0) is 49.1 Å². The molecule has 4 nitrogen and oxygen atoms in total. The van der Waals surface area contributed by atoms with Gasteiger partial charge in [0.15, 0.2) is 0 Å². The minimum Gasteiger partial charge on any atom is -0.434 e. The minimum absolute atomic E-state index is 0.0922. The summed E-state index contributed by atoms with van der Waals surface area (Å²) < 4.78 is 29.5. The van der Waals surface area contributed by atoms with Crippen molar-refractivity contribution in [3.8, 4) is 5.75 Å². The van der Waals surface area contributed by atoms with Crippen LogP contribution in [0.15, 0.2) is 42.5 Å². The van der Waals surface area contributed by atoms with Crippen LogP contribution in [0.1, 0.15) is 27.0 Å². The van der Waals surface area contributed by atoms with E-state index in [1.165, 1.54) is 0 Å². The Morgan fingerprint density at radius 2 is 1.73 bits per heavy atom. The fraction of sp³-hybridized carbons (Fsp3) is 0.350. The van der Waals surface area contributed by atoms with Crippen LogP contribution in [0.2, 0.25) is 0 Å². The maximum absolute atomic E-state index is 12.8. The van der Waals surface area contributed by atoms with Crippen LogP contribution in [0.5, 0.6) is 5.75 Å². The third-order valence-corrected chi connectivity index (χ3v) is 4.08. The Hall–Kier alpha value is -2.47. The van der Waals surface area contributed by atoms with Crippen molar-refractivity contribution in [2.75, 3.05) is 19.7 Å². The number of nitrogens with zero attached hydrogens (tertiary/aromatic N) is 1. The molecule has 6 heteroatoms. The summed E-state index contributed by atoms with van der Waals surface area (Å²) in [7, 11) is 0. The van der Waals surface area contributed by atoms with Gasteiger partial charge in [-0.3, -0.25) is 4.79 Å². The average molecular weight is 363 g/mol. The molecule has 140 valence electrons. The Balaban J connectivity index is 2.17. The van der Waals surface area contributed by atoms with E-state index in [2.05, 4.69) is 4.74 Å². The van der Waals surface area contributed by atoms with E-state index in [9.17, 15) is 18.7 Å². The Morgan fingerprint density at radius 3 is 2.27 bits per heavy atom. The van der Waals surface area contributed by atoms with Crippen LogP contribution in [0.3, 0.4) is 0 Å². The third-order valence-electron chi connectivity index (χ3n) is 4.08. The van der Waals surface area contributed by atoms with Crippen molar-refractivity contribution in [1.29, 1.82) is 0 Å². The number of rotatable bonds is 8. The van der Waals surface area contributed by atoms with Crippen molar-refractivity contribution >= 4 is 5.91 Å². The Bertz CT molecular complexity index is 712. The third kappa shape index (κ3) is 5.26. The van der Waals surface area contributed by atoms with Crippen molar-refractivity contribution in [3.63, 3.8) is 0 Å². The zero-order chi connectivity index (χ0) is 19.1. The predicted molar refractivity (Wildman–Crippen MR) is 95.7 cm³/mol. The Kier molecular flexibility index (Phi) is 7.09. The molecular weight excluding hydrogens is 340 g/mol. The molecule has 0 aromatic heterocycles. The first-order valence-electron chi connectivity index (χ1n) is 8.42. The normalized spacial score (nSPS) is 10.8. The molecule has 0 atom stereocenters. The molecule has 0 heterocycles. The molecule has 2 aromatic rings. The summed E-state index contributed by atoms with van der Waals surface area (Å²) in [5, 5.41) is 9.28. The molecule has 0 spiro atoms. The lowest BCUT2D eigenvalue weighted by atomic mass is 10.0. The summed E-state index contributed by atoms with van der Waals surface area (Å²) in [6.07, 6.45) is 0.664. The van der Waals surface area contributed by atoms with E-state index < -0.39 is 6.61 Å². The number of aryl methyl sites for hydroxylation is 2. The van der Waals surface area contributed by atoms with Gasteiger partial charge in [-0.2, -0.15) is 8.78 Å². The van der Waals surface area contributed by atoms with Gasteiger partial charge < -0.3 is 14.7 Å². The van der Waals surface area contributed by atoms with Gasteiger partial charge in [0.25, 0.3) is 5.91 Å². The first kappa shape index (κ1) is 19.8. The number of hydrogen-bond acceptors (Lipinski definition) is 3. The fourth-order valence-electron chi connectivity index (χ4n) is 2.88. The number of aliphatic hydroxyl groups is 1. The minimum atomic E-state index is -2.91. The first-order chi connectivity index (χ1) is 12.4. The molecule has 0 bridgehead atoms. The highest BCUT2D eigenvalue weighted by Crippen LogP contribution is 2.27. The predicted octanol–water partition coefficient (Wildman–Crippen LogP) is 3.58. The van der Waals surface area contributed by atoms with Crippen LogP contribution < -0.4 is 4.74 Å². The molecule has 26 heavy (non-hydrogen) atoms. The first-order valence-corrected chi connectivity index (χ1v) is 8.42. The van der Waals surface area contributed by atoms with Crippen molar-refractivity contribution in [2.24, 2.45) is 0 Å². The van der Waals surface area contributed by atoms with E-state index in [1.54, 1.807) is 30.9 Å². The number of carbonyl (C=O) groups excluding carboxylic acids is 1. The zero-order valence-electron chi connectivity index (χ0n) is 14.9. The van der Waals surface area contributed by atoms with Crippen LogP contribution in [-0.2, 0) is 6.42 Å².